The van der Waals surface area contributed by atoms with Gasteiger partial charge in [0.15, 0.2) is 0 Å². The number of rotatable bonds is 4. The van der Waals surface area contributed by atoms with E-state index in [-0.39, 0.29) is 0 Å². The van der Waals surface area contributed by atoms with Crippen LogP contribution in [0.15, 0.2) is 0 Å². The molecular formula is C10H18BF2NO7S. The Morgan fingerprint density at radius 3 is 1.95 bits per heavy atom. The average molecular weight is 345 g/mol. The third kappa shape index (κ3) is 6.66. The van der Waals surface area contributed by atoms with Crippen LogP contribution in [0.3, 0.4) is 0 Å². The lowest BCUT2D eigenvalue weighted by Crippen LogP contribution is -2.43. The average Bonchev–Trinajstić information content (AvgIpc) is 2.82. The van der Waals surface area contributed by atoms with Gasteiger partial charge in [-0.2, -0.15) is 8.42 Å². The molecule has 128 valence electrons. The molecule has 2 heterocycles. The third-order valence-corrected chi connectivity index (χ3v) is 3.82. The zero-order chi connectivity index (χ0) is 17.0. The SMILES string of the molecule is C[N+]1(CCOS(C)(=O)=O)CCCC1.O=C1O[B-](F)(F)OC1=O. The summed E-state index contributed by atoms with van der Waals surface area (Å²) in [4.78, 5) is 19.7. The van der Waals surface area contributed by atoms with Gasteiger partial charge in [-0.05, 0) is 0 Å². The second-order valence-corrected chi connectivity index (χ2v) is 7.01. The van der Waals surface area contributed by atoms with E-state index < -0.39 is 29.2 Å². The van der Waals surface area contributed by atoms with Gasteiger partial charge in [0.2, 0.25) is 0 Å². The molecule has 0 aliphatic carbocycles. The number of carbonyl (C=O) groups excluding carboxylic acids is 2. The van der Waals surface area contributed by atoms with Gasteiger partial charge in [-0.25, -0.2) is 9.59 Å². The van der Waals surface area contributed by atoms with E-state index in [1.807, 2.05) is 0 Å². The van der Waals surface area contributed by atoms with Crippen molar-refractivity contribution >= 4 is 29.2 Å². The maximum Gasteiger partial charge on any atom is 0.730 e. The van der Waals surface area contributed by atoms with Gasteiger partial charge in [-0.1, -0.05) is 0 Å². The van der Waals surface area contributed by atoms with Crippen molar-refractivity contribution in [2.45, 2.75) is 12.8 Å². The number of likely N-dealkylation sites (tertiary alicyclic amines) is 1. The number of nitrogens with zero attached hydrogens (tertiary/aromatic N) is 1. The fourth-order valence-corrected chi connectivity index (χ4v) is 2.48. The first-order valence-electron chi connectivity index (χ1n) is 6.57. The van der Waals surface area contributed by atoms with E-state index in [0.29, 0.717) is 6.61 Å². The van der Waals surface area contributed by atoms with Crippen LogP contribution in [0.4, 0.5) is 8.63 Å². The van der Waals surface area contributed by atoms with Crippen LogP contribution >= 0.6 is 0 Å². The predicted octanol–water partition coefficient (Wildman–Crippen LogP) is -0.336. The summed E-state index contributed by atoms with van der Waals surface area (Å²) in [5.41, 5.74) is 0. The molecule has 12 heteroatoms. The van der Waals surface area contributed by atoms with Gasteiger partial charge >= 0.3 is 19.0 Å². The molecule has 0 amide bonds. The van der Waals surface area contributed by atoms with Gasteiger partial charge < -0.3 is 22.4 Å². The second-order valence-electron chi connectivity index (χ2n) is 5.37. The highest BCUT2D eigenvalue weighted by Crippen LogP contribution is 2.18. The van der Waals surface area contributed by atoms with Gasteiger partial charge in [-0.15, -0.1) is 0 Å². The molecule has 2 aliphatic heterocycles. The van der Waals surface area contributed by atoms with Crippen LogP contribution < -0.4 is 0 Å². The van der Waals surface area contributed by atoms with Crippen LogP contribution in [0, 0.1) is 0 Å². The van der Waals surface area contributed by atoms with Gasteiger partial charge in [0.1, 0.15) is 13.2 Å². The van der Waals surface area contributed by atoms with Crippen LogP contribution in [-0.2, 0) is 33.2 Å². The first-order valence-corrected chi connectivity index (χ1v) is 8.38. The maximum absolute atomic E-state index is 11.6. The molecule has 22 heavy (non-hydrogen) atoms. The van der Waals surface area contributed by atoms with E-state index in [0.717, 1.165) is 30.4 Å². The Balaban J connectivity index is 0.000000235. The standard InChI is InChI=1S/C8H18NO3S.C2BF2O4/c1-9(5-3-4-6-9)7-8-12-13(2,10)11;4-3(5)8-1(6)2(7)9-3/h3-8H2,1-2H3;/q+1;-1. The van der Waals surface area contributed by atoms with E-state index >= 15 is 0 Å². The Morgan fingerprint density at radius 1 is 1.18 bits per heavy atom. The van der Waals surface area contributed by atoms with Crippen LogP contribution in [0.5, 0.6) is 0 Å². The molecule has 2 saturated heterocycles. The Bertz CT molecular complexity index is 515. The Hall–Kier alpha value is -1.27. The van der Waals surface area contributed by atoms with Crippen molar-refractivity contribution in [3.8, 4) is 0 Å². The summed E-state index contributed by atoms with van der Waals surface area (Å²) in [5, 5.41) is 0. The van der Waals surface area contributed by atoms with Gasteiger partial charge in [0, 0.05) is 12.8 Å². The minimum Gasteiger partial charge on any atom is -0.593 e. The van der Waals surface area contributed by atoms with Crippen molar-refractivity contribution in [3.63, 3.8) is 0 Å². The molecule has 8 nitrogen and oxygen atoms in total. The molecule has 0 aromatic heterocycles. The smallest absolute Gasteiger partial charge is 0.593 e. The third-order valence-electron chi connectivity index (χ3n) is 3.23. The molecule has 0 unspecified atom stereocenters. The fourth-order valence-electron chi connectivity index (χ4n) is 2.10. The molecular weight excluding hydrogens is 327 g/mol. The molecule has 0 radical (unpaired) electrons. The number of likely N-dealkylation sites (N-methyl/N-ethyl adjacent to an activating group) is 1. The first kappa shape index (κ1) is 18.8. The number of halogens is 2. The summed E-state index contributed by atoms with van der Waals surface area (Å²) in [7, 11) is -5.75. The van der Waals surface area contributed by atoms with Crippen LogP contribution in [0.1, 0.15) is 12.8 Å². The highest BCUT2D eigenvalue weighted by Gasteiger charge is 2.46. The summed E-state index contributed by atoms with van der Waals surface area (Å²) in [5.74, 6) is -3.28. The topological polar surface area (TPSA) is 96.0 Å². The summed E-state index contributed by atoms with van der Waals surface area (Å²) < 4.78 is 56.6. The van der Waals surface area contributed by atoms with Gasteiger partial charge in [-0.3, -0.25) is 4.18 Å². The Kier molecular flexibility index (Phi) is 5.87. The molecule has 0 spiro atoms. The van der Waals surface area contributed by atoms with Crippen molar-refractivity contribution in [3.05, 3.63) is 0 Å². The van der Waals surface area contributed by atoms with Crippen molar-refractivity contribution in [2.75, 3.05) is 39.5 Å². The molecule has 0 bridgehead atoms. The van der Waals surface area contributed by atoms with Crippen molar-refractivity contribution in [2.24, 2.45) is 0 Å². The van der Waals surface area contributed by atoms with Crippen LogP contribution in [0.2, 0.25) is 0 Å². The van der Waals surface area contributed by atoms with E-state index in [2.05, 4.69) is 16.4 Å². The number of hydrogen-bond donors (Lipinski definition) is 0. The van der Waals surface area contributed by atoms with E-state index in [1.54, 1.807) is 0 Å². The molecule has 0 aromatic carbocycles. The lowest BCUT2D eigenvalue weighted by molar-refractivity contribution is -0.897. The quantitative estimate of drug-likeness (QED) is 0.298. The van der Waals surface area contributed by atoms with E-state index in [1.165, 1.54) is 12.8 Å². The monoisotopic (exact) mass is 345 g/mol. The Morgan fingerprint density at radius 2 is 1.64 bits per heavy atom. The maximum atomic E-state index is 11.6. The first-order chi connectivity index (χ1) is 9.93. The number of hydrogen-bond acceptors (Lipinski definition) is 7. The Labute approximate surface area is 127 Å². The summed E-state index contributed by atoms with van der Waals surface area (Å²) in [6.45, 7) is 3.41. The summed E-state index contributed by atoms with van der Waals surface area (Å²) in [6, 6.07) is 0. The highest BCUT2D eigenvalue weighted by atomic mass is 32.2. The number of carbonyl (C=O) groups is 2. The molecule has 0 atom stereocenters. The van der Waals surface area contributed by atoms with Crippen LogP contribution in [-0.4, -0.2) is 71.5 Å². The van der Waals surface area contributed by atoms with Crippen LogP contribution in [0.25, 0.3) is 0 Å². The normalized spacial score (nSPS) is 22.5. The molecule has 2 fully saturated rings. The summed E-state index contributed by atoms with van der Waals surface area (Å²) in [6.07, 6.45) is 3.59. The van der Waals surface area contributed by atoms with Crippen molar-refractivity contribution in [1.29, 1.82) is 0 Å². The van der Waals surface area contributed by atoms with Crippen molar-refractivity contribution < 1.29 is 44.6 Å². The molecule has 2 rings (SSSR count). The molecule has 0 saturated carbocycles. The molecule has 0 aromatic rings. The fraction of sp³-hybridized carbons (Fsp3) is 0.800. The van der Waals surface area contributed by atoms with Gasteiger partial charge in [0.25, 0.3) is 10.1 Å². The minimum atomic E-state index is -4.65. The zero-order valence-electron chi connectivity index (χ0n) is 12.3. The highest BCUT2D eigenvalue weighted by molar-refractivity contribution is 7.85. The number of quaternary nitrogens is 1. The van der Waals surface area contributed by atoms with E-state index in [9.17, 15) is 26.6 Å². The van der Waals surface area contributed by atoms with Crippen molar-refractivity contribution in [1.82, 2.24) is 0 Å². The van der Waals surface area contributed by atoms with Gasteiger partial charge in [0.05, 0.1) is 26.4 Å². The zero-order valence-corrected chi connectivity index (χ0v) is 13.1. The second kappa shape index (κ2) is 6.88. The molecule has 0 N–H and O–H groups in total. The lowest BCUT2D eigenvalue weighted by atomic mass is 10.2. The minimum absolute atomic E-state index is 0.315. The molecule has 2 aliphatic rings. The van der Waals surface area contributed by atoms with E-state index in [4.69, 9.17) is 4.18 Å². The summed E-state index contributed by atoms with van der Waals surface area (Å²) >= 11 is 0. The largest absolute Gasteiger partial charge is 0.730 e. The predicted molar refractivity (Wildman–Crippen MR) is 71.0 cm³/mol. The lowest BCUT2D eigenvalue weighted by Gasteiger charge is -2.28.